The summed E-state index contributed by atoms with van der Waals surface area (Å²) in [7, 11) is 1.76. The topological polar surface area (TPSA) is 80.7 Å². The zero-order chi connectivity index (χ0) is 21.2. The number of hydrogen-bond donors (Lipinski definition) is 2. The van der Waals surface area contributed by atoms with Crippen LogP contribution in [0.2, 0.25) is 0 Å². The summed E-state index contributed by atoms with van der Waals surface area (Å²) in [6.45, 7) is 5.92. The fourth-order valence-electron chi connectivity index (χ4n) is 2.74. The van der Waals surface area contributed by atoms with Crippen molar-refractivity contribution >= 4 is 17.3 Å². The predicted octanol–water partition coefficient (Wildman–Crippen LogP) is 3.95. The smallest absolute Gasteiger partial charge is 0.219 e. The fourth-order valence-corrected chi connectivity index (χ4v) is 3.38. The van der Waals surface area contributed by atoms with Crippen molar-refractivity contribution in [3.63, 3.8) is 0 Å². The number of aliphatic imine (C=N–C) groups is 1. The molecule has 0 fully saturated rings. The molecule has 0 saturated carbocycles. The second kappa shape index (κ2) is 11.2. The van der Waals surface area contributed by atoms with Crippen LogP contribution < -0.4 is 20.1 Å². The van der Waals surface area contributed by atoms with Crippen LogP contribution in [0.4, 0.5) is 0 Å². The quantitative estimate of drug-likeness (QED) is 0.399. The van der Waals surface area contributed by atoms with Crippen molar-refractivity contribution in [2.75, 3.05) is 20.2 Å². The molecule has 0 amide bonds. The third-order valence-electron chi connectivity index (χ3n) is 4.18. The van der Waals surface area contributed by atoms with Gasteiger partial charge in [-0.05, 0) is 31.5 Å². The first-order chi connectivity index (χ1) is 14.7. The van der Waals surface area contributed by atoms with Gasteiger partial charge in [-0.25, -0.2) is 9.97 Å². The van der Waals surface area contributed by atoms with E-state index in [1.165, 1.54) is 0 Å². The van der Waals surface area contributed by atoms with Gasteiger partial charge in [0.1, 0.15) is 0 Å². The Hall–Kier alpha value is -3.13. The van der Waals surface area contributed by atoms with Crippen LogP contribution in [-0.4, -0.2) is 36.1 Å². The molecule has 0 saturated heterocycles. The van der Waals surface area contributed by atoms with Gasteiger partial charge < -0.3 is 20.1 Å². The molecule has 2 N–H and O–H groups in total. The summed E-state index contributed by atoms with van der Waals surface area (Å²) >= 11 is 1.67. The van der Waals surface area contributed by atoms with E-state index in [1.54, 1.807) is 24.6 Å². The largest absolute Gasteiger partial charge is 0.490 e. The van der Waals surface area contributed by atoms with Gasteiger partial charge in [-0.1, -0.05) is 18.2 Å². The molecule has 3 aromatic rings. The molecule has 0 radical (unpaired) electrons. The molecule has 2 heterocycles. The number of aryl methyl sites for hydroxylation is 1. The number of para-hydroxylation sites is 2. The molecule has 0 atom stereocenters. The normalized spacial score (nSPS) is 11.2. The first-order valence-corrected chi connectivity index (χ1v) is 10.8. The Kier molecular flexibility index (Phi) is 8.02. The Morgan fingerprint density at radius 2 is 1.97 bits per heavy atom. The first-order valence-electron chi connectivity index (χ1n) is 9.88. The molecule has 0 spiro atoms. The summed E-state index contributed by atoms with van der Waals surface area (Å²) < 4.78 is 11.4. The van der Waals surface area contributed by atoms with Crippen LogP contribution >= 0.6 is 11.3 Å². The summed E-state index contributed by atoms with van der Waals surface area (Å²) in [4.78, 5) is 13.1. The van der Waals surface area contributed by atoms with Gasteiger partial charge in [0.05, 0.1) is 17.3 Å². The van der Waals surface area contributed by atoms with E-state index in [-0.39, 0.29) is 0 Å². The monoisotopic (exact) mass is 425 g/mol. The molecule has 0 aliphatic rings. The Morgan fingerprint density at radius 3 is 2.63 bits per heavy atom. The number of guanidine groups is 1. The number of rotatable bonds is 9. The highest BCUT2D eigenvalue weighted by Crippen LogP contribution is 2.30. The number of hydrogen-bond acceptors (Lipinski definition) is 6. The maximum atomic E-state index is 5.86. The number of benzene rings is 1. The summed E-state index contributed by atoms with van der Waals surface area (Å²) in [6, 6.07) is 11.4. The molecule has 1 aromatic carbocycles. The van der Waals surface area contributed by atoms with E-state index in [0.717, 1.165) is 35.2 Å². The van der Waals surface area contributed by atoms with Crippen LogP contribution in [-0.2, 0) is 13.0 Å². The van der Waals surface area contributed by atoms with Crippen molar-refractivity contribution in [1.82, 2.24) is 20.6 Å². The lowest BCUT2D eigenvalue weighted by Crippen LogP contribution is -2.37. The highest BCUT2D eigenvalue weighted by Gasteiger charge is 2.06. The predicted molar refractivity (Wildman–Crippen MR) is 121 cm³/mol. The maximum Gasteiger partial charge on any atom is 0.219 e. The van der Waals surface area contributed by atoms with Gasteiger partial charge in [-0.3, -0.25) is 4.99 Å². The minimum atomic E-state index is 0.520. The Labute approximate surface area is 181 Å². The van der Waals surface area contributed by atoms with Crippen molar-refractivity contribution in [2.24, 2.45) is 4.99 Å². The Balaban J connectivity index is 1.47. The second-order valence-corrected chi connectivity index (χ2v) is 7.51. The molecule has 0 aliphatic carbocycles. The molecule has 0 unspecified atom stereocenters. The van der Waals surface area contributed by atoms with Gasteiger partial charge in [0.2, 0.25) is 5.88 Å². The van der Waals surface area contributed by atoms with E-state index in [4.69, 9.17) is 9.47 Å². The van der Waals surface area contributed by atoms with Crippen molar-refractivity contribution in [3.05, 3.63) is 64.2 Å². The highest BCUT2D eigenvalue weighted by atomic mass is 32.1. The van der Waals surface area contributed by atoms with E-state index in [9.17, 15) is 0 Å². The van der Waals surface area contributed by atoms with Gasteiger partial charge in [0.15, 0.2) is 17.5 Å². The molecular formula is C22H27N5O2S. The Bertz CT molecular complexity index is 956. The molecule has 2 aromatic heterocycles. The average molecular weight is 426 g/mol. The van der Waals surface area contributed by atoms with E-state index < -0.39 is 0 Å². The van der Waals surface area contributed by atoms with Crippen molar-refractivity contribution in [2.45, 2.75) is 26.8 Å². The maximum absolute atomic E-state index is 5.86. The van der Waals surface area contributed by atoms with Crippen LogP contribution in [0.1, 0.15) is 23.2 Å². The van der Waals surface area contributed by atoms with Crippen LogP contribution in [0, 0.1) is 6.92 Å². The van der Waals surface area contributed by atoms with Crippen LogP contribution in [0.5, 0.6) is 17.4 Å². The summed E-state index contributed by atoms with van der Waals surface area (Å²) in [6.07, 6.45) is 2.65. The third kappa shape index (κ3) is 6.45. The lowest BCUT2D eigenvalue weighted by molar-refractivity contribution is 0.319. The van der Waals surface area contributed by atoms with Gasteiger partial charge in [0, 0.05) is 44.2 Å². The van der Waals surface area contributed by atoms with Crippen LogP contribution in [0.3, 0.4) is 0 Å². The van der Waals surface area contributed by atoms with Gasteiger partial charge in [-0.2, -0.15) is 0 Å². The van der Waals surface area contributed by atoms with Crippen LogP contribution in [0.25, 0.3) is 0 Å². The van der Waals surface area contributed by atoms with Crippen molar-refractivity contribution in [1.29, 1.82) is 0 Å². The molecule has 3 rings (SSSR count). The molecule has 0 aliphatic heterocycles. The van der Waals surface area contributed by atoms with Gasteiger partial charge in [0.25, 0.3) is 0 Å². The molecular weight excluding hydrogens is 398 g/mol. The fraction of sp³-hybridized carbons (Fsp3) is 0.318. The Morgan fingerprint density at radius 1 is 1.13 bits per heavy atom. The van der Waals surface area contributed by atoms with Crippen molar-refractivity contribution in [3.8, 4) is 17.4 Å². The third-order valence-corrected chi connectivity index (χ3v) is 5.01. The van der Waals surface area contributed by atoms with Gasteiger partial charge in [-0.15, -0.1) is 11.3 Å². The zero-order valence-corrected chi connectivity index (χ0v) is 18.3. The number of nitrogens with one attached hydrogen (secondary N) is 2. The molecule has 7 nitrogen and oxygen atoms in total. The standard InChI is InChI=1S/C22H27N5O2S/c1-4-28-19-7-5-6-8-20(19)29-21-10-9-17(13-25-21)14-26-22(23-3)24-12-11-18-15-30-16(2)27-18/h5-10,13,15H,4,11-12,14H2,1-3H3,(H2,23,24,26). The highest BCUT2D eigenvalue weighted by molar-refractivity contribution is 7.09. The summed E-state index contributed by atoms with van der Waals surface area (Å²) in [5.41, 5.74) is 2.13. The SMILES string of the molecule is CCOc1ccccc1Oc1ccc(CNC(=NC)NCCc2csc(C)n2)cn1. The zero-order valence-electron chi connectivity index (χ0n) is 17.5. The molecule has 8 heteroatoms. The lowest BCUT2D eigenvalue weighted by Gasteiger charge is -2.12. The van der Waals surface area contributed by atoms with E-state index in [1.807, 2.05) is 50.2 Å². The van der Waals surface area contributed by atoms with Crippen molar-refractivity contribution < 1.29 is 9.47 Å². The number of nitrogens with zero attached hydrogens (tertiary/aromatic N) is 3. The summed E-state index contributed by atoms with van der Waals surface area (Å²) in [5.74, 6) is 2.62. The number of pyridine rings is 1. The van der Waals surface area contributed by atoms with E-state index >= 15 is 0 Å². The van der Waals surface area contributed by atoms with E-state index in [0.29, 0.717) is 30.5 Å². The van der Waals surface area contributed by atoms with Crippen LogP contribution in [0.15, 0.2) is 53.0 Å². The van der Waals surface area contributed by atoms with Gasteiger partial charge >= 0.3 is 0 Å². The second-order valence-electron chi connectivity index (χ2n) is 6.45. The minimum absolute atomic E-state index is 0.520. The molecule has 0 bridgehead atoms. The number of thiazole rings is 1. The molecule has 30 heavy (non-hydrogen) atoms. The summed E-state index contributed by atoms with van der Waals surface area (Å²) in [5, 5.41) is 9.78. The lowest BCUT2D eigenvalue weighted by atomic mass is 10.3. The van der Waals surface area contributed by atoms with E-state index in [2.05, 4.69) is 31.0 Å². The average Bonchev–Trinajstić information content (AvgIpc) is 3.18. The minimum Gasteiger partial charge on any atom is -0.490 e. The first kappa shape index (κ1) is 21.6. The number of ether oxygens (including phenoxy) is 2. The molecule has 158 valence electrons. The number of aromatic nitrogens is 2.